The summed E-state index contributed by atoms with van der Waals surface area (Å²) in [4.78, 5) is 20.3. The van der Waals surface area contributed by atoms with Crippen molar-refractivity contribution in [1.82, 2.24) is 19.8 Å². The Morgan fingerprint density at radius 3 is 2.54 bits per heavy atom. The Labute approximate surface area is 143 Å². The molecular formula is C17H27N7. The minimum Gasteiger partial charge on any atom is -0.370 e. The van der Waals surface area contributed by atoms with E-state index >= 15 is 0 Å². The molecule has 4 rings (SSSR count). The summed E-state index contributed by atoms with van der Waals surface area (Å²) in [5.41, 5.74) is 6.23. The van der Waals surface area contributed by atoms with Crippen LogP contribution in [0.1, 0.15) is 19.3 Å². The average molecular weight is 329 g/mol. The van der Waals surface area contributed by atoms with E-state index in [0.29, 0.717) is 11.9 Å². The fourth-order valence-corrected chi connectivity index (χ4v) is 3.70. The van der Waals surface area contributed by atoms with Crippen LogP contribution in [0.2, 0.25) is 0 Å². The molecule has 0 radical (unpaired) electrons. The molecule has 24 heavy (non-hydrogen) atoms. The lowest BCUT2D eigenvalue weighted by Gasteiger charge is -2.35. The second-order valence-corrected chi connectivity index (χ2v) is 7.10. The van der Waals surface area contributed by atoms with Crippen molar-refractivity contribution in [3.05, 3.63) is 18.5 Å². The van der Waals surface area contributed by atoms with Crippen molar-refractivity contribution in [2.75, 3.05) is 50.7 Å². The van der Waals surface area contributed by atoms with E-state index < -0.39 is 0 Å². The van der Waals surface area contributed by atoms with E-state index in [4.69, 9.17) is 5.73 Å². The zero-order valence-electron chi connectivity index (χ0n) is 14.2. The molecule has 7 heteroatoms. The first-order chi connectivity index (χ1) is 11.8. The second kappa shape index (κ2) is 6.93. The molecule has 2 aliphatic heterocycles. The van der Waals surface area contributed by atoms with Crippen LogP contribution in [0.4, 0.5) is 5.95 Å². The van der Waals surface area contributed by atoms with Crippen LogP contribution in [0, 0.1) is 5.92 Å². The topological polar surface area (TPSA) is 73.9 Å². The maximum Gasteiger partial charge on any atom is 0.225 e. The van der Waals surface area contributed by atoms with Crippen molar-refractivity contribution in [3.63, 3.8) is 0 Å². The summed E-state index contributed by atoms with van der Waals surface area (Å²) in [6, 6.07) is 2.72. The number of nitrogens with two attached hydrogens (primary N) is 1. The van der Waals surface area contributed by atoms with E-state index in [9.17, 15) is 0 Å². The van der Waals surface area contributed by atoms with Gasteiger partial charge in [0.1, 0.15) is 0 Å². The van der Waals surface area contributed by atoms with E-state index in [-0.39, 0.29) is 0 Å². The molecule has 0 spiro atoms. The van der Waals surface area contributed by atoms with Crippen molar-refractivity contribution in [3.8, 4) is 0 Å². The van der Waals surface area contributed by atoms with Gasteiger partial charge >= 0.3 is 0 Å². The number of aromatic nitrogens is 2. The molecule has 1 atom stereocenters. The Kier molecular flexibility index (Phi) is 4.51. The molecule has 3 fully saturated rings. The number of nitrogens with zero attached hydrogens (tertiary/aromatic N) is 6. The van der Waals surface area contributed by atoms with Crippen molar-refractivity contribution in [1.29, 1.82) is 0 Å². The average Bonchev–Trinajstić information content (AvgIpc) is 3.39. The predicted octanol–water partition coefficient (Wildman–Crippen LogP) is 0.398. The molecule has 2 saturated heterocycles. The highest BCUT2D eigenvalue weighted by molar-refractivity contribution is 5.78. The highest BCUT2D eigenvalue weighted by Gasteiger charge is 2.34. The normalized spacial score (nSPS) is 26.2. The quantitative estimate of drug-likeness (QED) is 0.637. The third-order valence-corrected chi connectivity index (χ3v) is 5.33. The Morgan fingerprint density at radius 2 is 1.83 bits per heavy atom. The Morgan fingerprint density at radius 1 is 1.08 bits per heavy atom. The summed E-state index contributed by atoms with van der Waals surface area (Å²) < 4.78 is 0. The lowest BCUT2D eigenvalue weighted by molar-refractivity contribution is 0.315. The third-order valence-electron chi connectivity index (χ3n) is 5.33. The van der Waals surface area contributed by atoms with Crippen LogP contribution < -0.4 is 10.6 Å². The molecule has 130 valence electrons. The molecular weight excluding hydrogens is 302 g/mol. The smallest absolute Gasteiger partial charge is 0.225 e. The summed E-state index contributed by atoms with van der Waals surface area (Å²) in [5, 5.41) is 0. The van der Waals surface area contributed by atoms with Crippen molar-refractivity contribution >= 4 is 11.9 Å². The standard InChI is InChI=1S/C17H27N7/c18-16(21-12-14-4-7-24(13-14)15-2-3-15)22-8-10-23(11-9-22)17-19-5-1-6-20-17/h1,5-6,14-15H,2-4,7-13H2,(H2,18,21). The van der Waals surface area contributed by atoms with Gasteiger partial charge < -0.3 is 20.4 Å². The lowest BCUT2D eigenvalue weighted by atomic mass is 10.1. The van der Waals surface area contributed by atoms with Crippen molar-refractivity contribution in [2.24, 2.45) is 16.6 Å². The van der Waals surface area contributed by atoms with Crippen LogP contribution in [0.15, 0.2) is 23.5 Å². The molecule has 0 bridgehead atoms. The first kappa shape index (κ1) is 15.6. The summed E-state index contributed by atoms with van der Waals surface area (Å²) in [6.45, 7) is 6.87. The van der Waals surface area contributed by atoms with E-state index in [2.05, 4.69) is 29.7 Å². The SMILES string of the molecule is NC(=NCC1CCN(C2CC2)C1)N1CCN(c2ncccn2)CC1. The minimum atomic E-state index is 0.683. The second-order valence-electron chi connectivity index (χ2n) is 7.10. The fourth-order valence-electron chi connectivity index (χ4n) is 3.70. The maximum atomic E-state index is 6.23. The monoisotopic (exact) mass is 329 g/mol. The molecule has 0 aromatic carbocycles. The molecule has 1 unspecified atom stereocenters. The lowest BCUT2D eigenvalue weighted by Crippen LogP contribution is -2.51. The Hall–Kier alpha value is -1.89. The van der Waals surface area contributed by atoms with Gasteiger partial charge in [0, 0.05) is 57.7 Å². The molecule has 7 nitrogen and oxygen atoms in total. The van der Waals surface area contributed by atoms with E-state index in [1.807, 2.05) is 6.07 Å². The zero-order valence-corrected chi connectivity index (χ0v) is 14.2. The number of rotatable bonds is 4. The van der Waals surface area contributed by atoms with Gasteiger partial charge in [0.2, 0.25) is 5.95 Å². The molecule has 1 saturated carbocycles. The van der Waals surface area contributed by atoms with Gasteiger partial charge in [-0.3, -0.25) is 4.99 Å². The van der Waals surface area contributed by atoms with Gasteiger partial charge in [-0.2, -0.15) is 0 Å². The molecule has 2 N–H and O–H groups in total. The first-order valence-electron chi connectivity index (χ1n) is 9.10. The molecule has 3 heterocycles. The van der Waals surface area contributed by atoms with Gasteiger partial charge in [-0.1, -0.05) is 0 Å². The number of hydrogen-bond acceptors (Lipinski definition) is 5. The summed E-state index contributed by atoms with van der Waals surface area (Å²) >= 11 is 0. The number of piperazine rings is 1. The maximum absolute atomic E-state index is 6.23. The van der Waals surface area contributed by atoms with Gasteiger partial charge in [0.05, 0.1) is 0 Å². The highest BCUT2D eigenvalue weighted by Crippen LogP contribution is 2.31. The Balaban J connectivity index is 1.24. The van der Waals surface area contributed by atoms with Crippen LogP contribution >= 0.6 is 0 Å². The van der Waals surface area contributed by atoms with E-state index in [0.717, 1.165) is 44.7 Å². The largest absolute Gasteiger partial charge is 0.370 e. The van der Waals surface area contributed by atoms with Gasteiger partial charge in [-0.25, -0.2) is 9.97 Å². The number of likely N-dealkylation sites (tertiary alicyclic amines) is 1. The third kappa shape index (κ3) is 3.61. The van der Waals surface area contributed by atoms with E-state index in [1.54, 1.807) is 12.4 Å². The van der Waals surface area contributed by atoms with Crippen molar-refractivity contribution in [2.45, 2.75) is 25.3 Å². The summed E-state index contributed by atoms with van der Waals surface area (Å²) in [7, 11) is 0. The number of aliphatic imine (C=N–C) groups is 1. The number of hydrogen-bond donors (Lipinski definition) is 1. The highest BCUT2D eigenvalue weighted by atomic mass is 15.4. The van der Waals surface area contributed by atoms with Crippen LogP contribution in [-0.4, -0.2) is 77.6 Å². The molecule has 0 amide bonds. The Bertz CT molecular complexity index is 564. The molecule has 1 aromatic heterocycles. The first-order valence-corrected chi connectivity index (χ1v) is 9.10. The van der Waals surface area contributed by atoms with Crippen LogP contribution in [0.3, 0.4) is 0 Å². The molecule has 1 aromatic rings. The summed E-state index contributed by atoms with van der Waals surface area (Å²) in [5.74, 6) is 2.19. The van der Waals surface area contributed by atoms with Crippen LogP contribution in [-0.2, 0) is 0 Å². The fraction of sp³-hybridized carbons (Fsp3) is 0.706. The molecule has 3 aliphatic rings. The zero-order chi connectivity index (χ0) is 16.4. The van der Waals surface area contributed by atoms with Gasteiger partial charge in [-0.15, -0.1) is 0 Å². The van der Waals surface area contributed by atoms with Crippen LogP contribution in [0.25, 0.3) is 0 Å². The van der Waals surface area contributed by atoms with Gasteiger partial charge in [0.25, 0.3) is 0 Å². The minimum absolute atomic E-state index is 0.683. The molecule has 1 aliphatic carbocycles. The summed E-state index contributed by atoms with van der Waals surface area (Å²) in [6.07, 6.45) is 7.64. The van der Waals surface area contributed by atoms with Gasteiger partial charge in [0.15, 0.2) is 5.96 Å². The number of anilines is 1. The number of guanidine groups is 1. The van der Waals surface area contributed by atoms with Gasteiger partial charge in [-0.05, 0) is 37.8 Å². The van der Waals surface area contributed by atoms with Crippen LogP contribution in [0.5, 0.6) is 0 Å². The predicted molar refractivity (Wildman–Crippen MR) is 95.0 cm³/mol. The van der Waals surface area contributed by atoms with Crippen molar-refractivity contribution < 1.29 is 0 Å². The van der Waals surface area contributed by atoms with E-state index in [1.165, 1.54) is 32.4 Å².